The molecule has 0 aliphatic carbocycles. The molecule has 0 saturated carbocycles. The van der Waals surface area contributed by atoms with E-state index in [1.165, 1.54) is 33.7 Å². The molecule has 0 radical (unpaired) electrons. The third-order valence-electron chi connectivity index (χ3n) is 12.4. The molecule has 2 aromatic heterocycles. The number of aromatic nitrogens is 2. The number of anilines is 2. The molecule has 65 heavy (non-hydrogen) atoms. The summed E-state index contributed by atoms with van der Waals surface area (Å²) in [4.78, 5) is 19.6. The molecule has 6 aromatic rings. The smallest absolute Gasteiger partial charge is 0.364 e. The molecule has 4 N–H and O–H groups in total. The van der Waals surface area contributed by atoms with Gasteiger partial charge in [-0.3, -0.25) is 14.3 Å². The van der Waals surface area contributed by atoms with Crippen molar-refractivity contribution in [3.8, 4) is 0 Å². The van der Waals surface area contributed by atoms with E-state index in [1.54, 1.807) is 60.7 Å². The third-order valence-corrected chi connectivity index (χ3v) is 12.4. The maximum absolute atomic E-state index is 15.7. The molecule has 4 aromatic carbocycles. The van der Waals surface area contributed by atoms with Gasteiger partial charge in [-0.1, -0.05) is 24.3 Å². The van der Waals surface area contributed by atoms with Gasteiger partial charge in [-0.05, 0) is 98.2 Å². The van der Waals surface area contributed by atoms with Crippen molar-refractivity contribution in [2.45, 2.75) is 89.5 Å². The molecule has 9 nitrogen and oxygen atoms in total. The molecule has 0 bridgehead atoms. The van der Waals surface area contributed by atoms with Crippen LogP contribution >= 0.6 is 12.4 Å². The van der Waals surface area contributed by atoms with Crippen LogP contribution in [0.15, 0.2) is 85.2 Å². The fourth-order valence-corrected chi connectivity index (χ4v) is 9.56. The van der Waals surface area contributed by atoms with Crippen molar-refractivity contribution in [2.24, 2.45) is 11.5 Å². The van der Waals surface area contributed by atoms with E-state index >= 15 is 13.6 Å². The molecule has 18 heteroatoms. The molecule has 348 valence electrons. The Bertz CT molecular complexity index is 2470. The van der Waals surface area contributed by atoms with E-state index in [4.69, 9.17) is 11.5 Å². The van der Waals surface area contributed by atoms with E-state index in [0.29, 0.717) is 70.2 Å². The van der Waals surface area contributed by atoms with Crippen LogP contribution in [0.25, 0.3) is 21.8 Å². The van der Waals surface area contributed by atoms with Crippen molar-refractivity contribution in [1.29, 1.82) is 0 Å². The summed E-state index contributed by atoms with van der Waals surface area (Å²) < 4.78 is 122. The summed E-state index contributed by atoms with van der Waals surface area (Å²) in [6.07, 6.45) is -2.72. The Labute approximate surface area is 376 Å². The number of hydrogen-bond donors (Lipinski definition) is 2. The van der Waals surface area contributed by atoms with Crippen molar-refractivity contribution in [2.75, 3.05) is 36.1 Å². The standard InChI is InChI=1S/C47H48F8N6O3.ClH/c48-35-15-13-29(25-56)23-31(35)37-7-1-3-17-60(37)41-11-5-9-39-43(41)33(27-58(39)19-21-63-46(50,51)52)45(62)34-28-59(20-22-64-47(53,54)55)40-10-6-12-42(44(34)40)61-18-4-2-8-38(61)32-24-30(26-57)14-16-36(32)49;/h5-6,9-16,23-24,27-28,37-38H,1-4,7-8,17-22,25-26,56-57H2;1H. The second kappa shape index (κ2) is 19.7. The quantitative estimate of drug-likeness (QED) is 0.0828. The second-order valence-corrected chi connectivity index (χ2v) is 16.3. The molecule has 2 fully saturated rings. The number of ketones is 1. The van der Waals surface area contributed by atoms with E-state index < -0.39 is 55.4 Å². The van der Waals surface area contributed by atoms with Crippen LogP contribution in [-0.4, -0.2) is 53.9 Å². The summed E-state index contributed by atoms with van der Waals surface area (Å²) in [6.45, 7) is -0.836. The molecule has 2 aliphatic rings. The second-order valence-electron chi connectivity index (χ2n) is 16.3. The minimum absolute atomic E-state index is 0. The summed E-state index contributed by atoms with van der Waals surface area (Å²) in [5.41, 5.74) is 16.4. The summed E-state index contributed by atoms with van der Waals surface area (Å²) in [6, 6.07) is 18.9. The Kier molecular flexibility index (Phi) is 14.5. The van der Waals surface area contributed by atoms with Gasteiger partial charge in [0, 0.05) is 84.9 Å². The van der Waals surface area contributed by atoms with Crippen LogP contribution in [0.2, 0.25) is 0 Å². The number of nitrogens with zero attached hydrogens (tertiary/aromatic N) is 4. The minimum atomic E-state index is -4.91. The molecule has 0 spiro atoms. The van der Waals surface area contributed by atoms with Gasteiger partial charge >= 0.3 is 12.7 Å². The van der Waals surface area contributed by atoms with Gasteiger partial charge in [-0.15, -0.1) is 38.7 Å². The minimum Gasteiger partial charge on any atom is -0.364 e. The van der Waals surface area contributed by atoms with Crippen molar-refractivity contribution >= 4 is 51.4 Å². The Morgan fingerprint density at radius 1 is 0.615 bits per heavy atom. The highest BCUT2D eigenvalue weighted by Gasteiger charge is 2.35. The Morgan fingerprint density at radius 2 is 1.03 bits per heavy atom. The summed E-state index contributed by atoms with van der Waals surface area (Å²) in [7, 11) is 0. The van der Waals surface area contributed by atoms with Gasteiger partial charge in [0.05, 0.1) is 47.5 Å². The number of nitrogens with two attached hydrogens (primary N) is 2. The summed E-state index contributed by atoms with van der Waals surface area (Å²) in [5, 5.41) is 0.800. The topological polar surface area (TPSA) is 104 Å². The number of halogens is 9. The zero-order chi connectivity index (χ0) is 45.3. The number of hydrogen-bond acceptors (Lipinski definition) is 7. The Morgan fingerprint density at radius 3 is 1.42 bits per heavy atom. The third kappa shape index (κ3) is 10.1. The monoisotopic (exact) mass is 932 g/mol. The van der Waals surface area contributed by atoms with Gasteiger partial charge in [0.1, 0.15) is 11.6 Å². The van der Waals surface area contributed by atoms with Crippen LogP contribution in [0, 0.1) is 11.6 Å². The fraction of sp³-hybridized carbons (Fsp3) is 0.383. The lowest BCUT2D eigenvalue weighted by molar-refractivity contribution is -0.326. The molecule has 8 rings (SSSR count). The first kappa shape index (κ1) is 47.8. The predicted octanol–water partition coefficient (Wildman–Crippen LogP) is 11.0. The highest BCUT2D eigenvalue weighted by Crippen LogP contribution is 2.45. The first-order valence-electron chi connectivity index (χ1n) is 21.4. The van der Waals surface area contributed by atoms with Crippen LogP contribution in [0.3, 0.4) is 0 Å². The van der Waals surface area contributed by atoms with Gasteiger partial charge < -0.3 is 30.4 Å². The normalized spacial score (nSPS) is 17.3. The Balaban J connectivity index is 0.00000630. The lowest BCUT2D eigenvalue weighted by Gasteiger charge is -2.39. The van der Waals surface area contributed by atoms with Crippen LogP contribution in [0.5, 0.6) is 0 Å². The SMILES string of the molecule is Cl.NCc1ccc(F)c(C2CCCCN2c2cccc3c2c(C(=O)c2cn(CCOC(F)(F)F)c4cccc(N5CCCCC5c5cc(CN)ccc5F)c24)cn3CCOC(F)(F)F)c1. The largest absolute Gasteiger partial charge is 0.522 e. The van der Waals surface area contributed by atoms with E-state index in [1.807, 2.05) is 9.80 Å². The fourth-order valence-electron chi connectivity index (χ4n) is 9.56. The summed E-state index contributed by atoms with van der Waals surface area (Å²) >= 11 is 0. The highest BCUT2D eigenvalue weighted by molar-refractivity contribution is 6.25. The number of fused-ring (bicyclic) bond motifs is 2. The van der Waals surface area contributed by atoms with Gasteiger partial charge in [-0.25, -0.2) is 8.78 Å². The van der Waals surface area contributed by atoms with E-state index in [0.717, 1.165) is 36.8 Å². The average Bonchev–Trinajstić information content (AvgIpc) is 3.84. The first-order chi connectivity index (χ1) is 30.7. The maximum Gasteiger partial charge on any atom is 0.522 e. The van der Waals surface area contributed by atoms with Gasteiger partial charge in [-0.2, -0.15) is 0 Å². The molecular formula is C47H49ClF8N6O3. The zero-order valence-corrected chi connectivity index (χ0v) is 36.1. The number of rotatable bonds is 14. The summed E-state index contributed by atoms with van der Waals surface area (Å²) in [5.74, 6) is -1.42. The van der Waals surface area contributed by atoms with Gasteiger partial charge in [0.2, 0.25) is 0 Å². The lowest BCUT2D eigenvalue weighted by Crippen LogP contribution is -2.34. The number of benzene rings is 4. The molecular weight excluding hydrogens is 884 g/mol. The number of alkyl halides is 6. The average molecular weight is 933 g/mol. The number of ether oxygens (including phenoxy) is 2. The van der Waals surface area contributed by atoms with Crippen molar-refractivity contribution in [1.82, 2.24) is 9.13 Å². The maximum atomic E-state index is 15.7. The number of piperidine rings is 2. The lowest BCUT2D eigenvalue weighted by atomic mass is 9.91. The van der Waals surface area contributed by atoms with Crippen LogP contribution in [0.1, 0.15) is 88.8 Å². The van der Waals surface area contributed by atoms with E-state index in [2.05, 4.69) is 9.47 Å². The zero-order valence-electron chi connectivity index (χ0n) is 35.2. The van der Waals surface area contributed by atoms with Crippen LogP contribution in [-0.2, 0) is 35.7 Å². The van der Waals surface area contributed by atoms with Crippen LogP contribution < -0.4 is 21.3 Å². The molecule has 2 atom stereocenters. The molecule has 2 unspecified atom stereocenters. The van der Waals surface area contributed by atoms with E-state index in [9.17, 15) is 26.3 Å². The molecule has 2 saturated heterocycles. The predicted molar refractivity (Wildman–Crippen MR) is 235 cm³/mol. The molecule has 0 amide bonds. The van der Waals surface area contributed by atoms with Gasteiger partial charge in [0.25, 0.3) is 0 Å². The number of carbonyl (C=O) groups excluding carboxylic acids is 1. The van der Waals surface area contributed by atoms with Crippen LogP contribution in [0.4, 0.5) is 46.5 Å². The van der Waals surface area contributed by atoms with Crippen molar-refractivity contribution in [3.63, 3.8) is 0 Å². The Hall–Kier alpha value is -5.20. The number of carbonyl (C=O) groups is 1. The van der Waals surface area contributed by atoms with E-state index in [-0.39, 0.29) is 49.7 Å². The molecule has 2 aliphatic heterocycles. The van der Waals surface area contributed by atoms with Crippen molar-refractivity contribution in [3.05, 3.63) is 130 Å². The molecule has 4 heterocycles. The highest BCUT2D eigenvalue weighted by atomic mass is 35.5. The van der Waals surface area contributed by atoms with Gasteiger partial charge in [0.15, 0.2) is 5.78 Å². The van der Waals surface area contributed by atoms with Crippen molar-refractivity contribution < 1.29 is 49.4 Å². The first-order valence-corrected chi connectivity index (χ1v) is 21.4.